The summed E-state index contributed by atoms with van der Waals surface area (Å²) in [6, 6.07) is 1.75. The highest BCUT2D eigenvalue weighted by Gasteiger charge is 1.98. The number of hydrogen-bond acceptors (Lipinski definition) is 7. The molecule has 2 rings (SSSR count). The van der Waals surface area contributed by atoms with Gasteiger partial charge < -0.3 is 10.7 Å². The van der Waals surface area contributed by atoms with Gasteiger partial charge >= 0.3 is 0 Å². The number of aromatic nitrogens is 3. The Hall–Kier alpha value is -1.73. The van der Waals surface area contributed by atoms with Crippen molar-refractivity contribution >= 4 is 23.0 Å². The second-order valence-electron chi connectivity index (χ2n) is 3.04. The van der Waals surface area contributed by atoms with Gasteiger partial charge in [-0.1, -0.05) is 0 Å². The first-order valence-corrected chi connectivity index (χ1v) is 5.67. The zero-order valence-electron chi connectivity index (χ0n) is 8.55. The van der Waals surface area contributed by atoms with Gasteiger partial charge in [-0.3, -0.25) is 0 Å². The summed E-state index contributed by atoms with van der Waals surface area (Å²) in [7, 11) is 0. The Balaban J connectivity index is 1.85. The molecule has 84 valence electrons. The molecule has 2 aromatic heterocycles. The summed E-state index contributed by atoms with van der Waals surface area (Å²) in [5.41, 5.74) is 2.47. The molecule has 0 aliphatic rings. The normalized spacial score (nSPS) is 10.1. The Kier molecular flexibility index (Phi) is 3.62. The second-order valence-corrected chi connectivity index (χ2v) is 4.01. The minimum Gasteiger partial charge on any atom is -0.369 e. The summed E-state index contributed by atoms with van der Waals surface area (Å²) in [6.45, 7) is 0.786. The van der Waals surface area contributed by atoms with Crippen molar-refractivity contribution in [3.05, 3.63) is 29.0 Å². The highest BCUT2D eigenvalue weighted by atomic mass is 32.1. The van der Waals surface area contributed by atoms with E-state index in [2.05, 4.69) is 25.7 Å². The van der Waals surface area contributed by atoms with Crippen LogP contribution in [0.4, 0.5) is 11.6 Å². The fourth-order valence-corrected chi connectivity index (χ4v) is 1.83. The molecule has 6 nitrogen and oxygen atoms in total. The molecule has 0 aliphatic carbocycles. The van der Waals surface area contributed by atoms with Crippen LogP contribution >= 0.6 is 11.3 Å². The SMILES string of the molecule is NNc1cc(NCCc2nccs2)ncn1. The number of anilines is 2. The van der Waals surface area contributed by atoms with Crippen molar-refractivity contribution in [2.24, 2.45) is 5.84 Å². The molecule has 0 amide bonds. The van der Waals surface area contributed by atoms with Gasteiger partial charge in [0.05, 0.1) is 5.01 Å². The quantitative estimate of drug-likeness (QED) is 0.527. The average Bonchev–Trinajstić information content (AvgIpc) is 2.82. The predicted octanol–water partition coefficient (Wildman–Crippen LogP) is 0.873. The molecule has 0 unspecified atom stereocenters. The third-order valence-electron chi connectivity index (χ3n) is 1.94. The lowest BCUT2D eigenvalue weighted by Crippen LogP contribution is -2.11. The van der Waals surface area contributed by atoms with Gasteiger partial charge in [0.2, 0.25) is 0 Å². The van der Waals surface area contributed by atoms with Crippen LogP contribution in [0, 0.1) is 0 Å². The third-order valence-corrected chi connectivity index (χ3v) is 2.78. The Morgan fingerprint density at radius 2 is 2.12 bits per heavy atom. The summed E-state index contributed by atoms with van der Waals surface area (Å²) in [5, 5.41) is 6.26. The molecule has 2 heterocycles. The van der Waals surface area contributed by atoms with E-state index in [9.17, 15) is 0 Å². The average molecular weight is 236 g/mol. The number of hydrogen-bond donors (Lipinski definition) is 3. The predicted molar refractivity (Wildman–Crippen MR) is 64.1 cm³/mol. The molecule has 0 spiro atoms. The van der Waals surface area contributed by atoms with Gasteiger partial charge in [-0.05, 0) is 0 Å². The maximum atomic E-state index is 5.25. The number of nitrogens with zero attached hydrogens (tertiary/aromatic N) is 3. The summed E-state index contributed by atoms with van der Waals surface area (Å²) >= 11 is 1.65. The number of nitrogens with one attached hydrogen (secondary N) is 2. The Labute approximate surface area is 96.9 Å². The van der Waals surface area contributed by atoms with Crippen LogP contribution in [0.25, 0.3) is 0 Å². The zero-order chi connectivity index (χ0) is 11.2. The lowest BCUT2D eigenvalue weighted by molar-refractivity contribution is 0.982. The van der Waals surface area contributed by atoms with Crippen molar-refractivity contribution in [1.29, 1.82) is 0 Å². The molecular formula is C9H12N6S. The van der Waals surface area contributed by atoms with Crippen LogP contribution in [0.3, 0.4) is 0 Å². The summed E-state index contributed by atoms with van der Waals surface area (Å²) in [4.78, 5) is 12.2. The summed E-state index contributed by atoms with van der Waals surface area (Å²) in [5.74, 6) is 6.59. The van der Waals surface area contributed by atoms with Crippen LogP contribution in [0.15, 0.2) is 24.0 Å². The topological polar surface area (TPSA) is 88.8 Å². The summed E-state index contributed by atoms with van der Waals surface area (Å²) < 4.78 is 0. The van der Waals surface area contributed by atoms with E-state index in [-0.39, 0.29) is 0 Å². The lowest BCUT2D eigenvalue weighted by Gasteiger charge is -2.05. The van der Waals surface area contributed by atoms with E-state index in [1.165, 1.54) is 6.33 Å². The molecular weight excluding hydrogens is 224 g/mol. The smallest absolute Gasteiger partial charge is 0.145 e. The molecule has 0 bridgehead atoms. The first-order chi connectivity index (χ1) is 7.88. The van der Waals surface area contributed by atoms with Crippen LogP contribution < -0.4 is 16.6 Å². The fourth-order valence-electron chi connectivity index (χ4n) is 1.21. The van der Waals surface area contributed by atoms with Crippen LogP contribution in [0.1, 0.15) is 5.01 Å². The monoisotopic (exact) mass is 236 g/mol. The number of nitrogens with two attached hydrogens (primary N) is 1. The van der Waals surface area contributed by atoms with Crippen molar-refractivity contribution in [2.75, 3.05) is 17.3 Å². The molecule has 16 heavy (non-hydrogen) atoms. The molecule has 2 aromatic rings. The number of hydrazine groups is 1. The van der Waals surface area contributed by atoms with E-state index < -0.39 is 0 Å². The first kappa shape index (κ1) is 10.8. The van der Waals surface area contributed by atoms with Gasteiger partial charge in [-0.2, -0.15) is 0 Å². The molecule has 0 radical (unpaired) electrons. The van der Waals surface area contributed by atoms with Gasteiger partial charge in [0, 0.05) is 30.6 Å². The van der Waals surface area contributed by atoms with Crippen LogP contribution in [-0.2, 0) is 6.42 Å². The highest BCUT2D eigenvalue weighted by molar-refractivity contribution is 7.09. The van der Waals surface area contributed by atoms with Crippen molar-refractivity contribution in [2.45, 2.75) is 6.42 Å². The zero-order valence-corrected chi connectivity index (χ0v) is 9.37. The van der Waals surface area contributed by atoms with E-state index in [4.69, 9.17) is 5.84 Å². The Morgan fingerprint density at radius 3 is 2.88 bits per heavy atom. The first-order valence-electron chi connectivity index (χ1n) is 4.79. The molecule has 0 aliphatic heterocycles. The number of thiazole rings is 1. The summed E-state index contributed by atoms with van der Waals surface area (Å²) in [6.07, 6.45) is 4.15. The molecule has 0 fully saturated rings. The van der Waals surface area contributed by atoms with Crippen molar-refractivity contribution in [3.8, 4) is 0 Å². The van der Waals surface area contributed by atoms with Gasteiger partial charge in [0.25, 0.3) is 0 Å². The maximum Gasteiger partial charge on any atom is 0.145 e. The molecule has 0 saturated carbocycles. The van der Waals surface area contributed by atoms with E-state index in [0.717, 1.165) is 23.8 Å². The van der Waals surface area contributed by atoms with Gasteiger partial charge in [-0.25, -0.2) is 20.8 Å². The van der Waals surface area contributed by atoms with E-state index in [1.54, 1.807) is 23.6 Å². The van der Waals surface area contributed by atoms with Crippen LogP contribution in [-0.4, -0.2) is 21.5 Å². The Morgan fingerprint density at radius 1 is 1.25 bits per heavy atom. The molecule has 4 N–H and O–H groups in total. The van der Waals surface area contributed by atoms with Crippen molar-refractivity contribution in [3.63, 3.8) is 0 Å². The standard InChI is InChI=1S/C9H12N6S/c10-15-8-5-7(13-6-14-8)11-2-1-9-12-3-4-16-9/h3-6H,1-2,10H2,(H2,11,13,14,15). The number of nitrogen functional groups attached to an aromatic ring is 1. The van der Waals surface area contributed by atoms with Gasteiger partial charge in [0.15, 0.2) is 0 Å². The van der Waals surface area contributed by atoms with Gasteiger partial charge in [-0.15, -0.1) is 11.3 Å². The van der Waals surface area contributed by atoms with Crippen molar-refractivity contribution < 1.29 is 0 Å². The molecule has 0 atom stereocenters. The van der Waals surface area contributed by atoms with E-state index >= 15 is 0 Å². The minimum absolute atomic E-state index is 0.590. The number of rotatable bonds is 5. The minimum atomic E-state index is 0.590. The third kappa shape index (κ3) is 2.88. The van der Waals surface area contributed by atoms with E-state index in [1.807, 2.05) is 5.38 Å². The van der Waals surface area contributed by atoms with E-state index in [0.29, 0.717) is 5.82 Å². The Bertz CT molecular complexity index is 429. The van der Waals surface area contributed by atoms with Gasteiger partial charge in [0.1, 0.15) is 18.0 Å². The van der Waals surface area contributed by atoms with Crippen LogP contribution in [0.5, 0.6) is 0 Å². The second kappa shape index (κ2) is 5.38. The molecule has 0 saturated heterocycles. The molecule has 7 heteroatoms. The van der Waals surface area contributed by atoms with Crippen molar-refractivity contribution in [1.82, 2.24) is 15.0 Å². The van der Waals surface area contributed by atoms with Crippen LogP contribution in [0.2, 0.25) is 0 Å². The highest BCUT2D eigenvalue weighted by Crippen LogP contribution is 2.08. The fraction of sp³-hybridized carbons (Fsp3) is 0.222. The largest absolute Gasteiger partial charge is 0.369 e. The molecule has 0 aromatic carbocycles. The lowest BCUT2D eigenvalue weighted by atomic mass is 10.4. The maximum absolute atomic E-state index is 5.25.